The maximum Gasteiger partial charge on any atom is 0.330 e. The quantitative estimate of drug-likeness (QED) is 0.767. The summed E-state index contributed by atoms with van der Waals surface area (Å²) < 4.78 is 2.58. The van der Waals surface area contributed by atoms with Gasteiger partial charge in [0, 0.05) is 44.8 Å². The molecule has 0 spiro atoms. The van der Waals surface area contributed by atoms with Crippen LogP contribution in [-0.2, 0) is 27.1 Å². The smallest absolute Gasteiger partial charge is 0.311 e. The Morgan fingerprint density at radius 1 is 1.15 bits per heavy atom. The number of rotatable bonds is 5. The van der Waals surface area contributed by atoms with Crippen molar-refractivity contribution in [3.05, 3.63) is 62.7 Å². The highest BCUT2D eigenvalue weighted by Crippen LogP contribution is 1.96. The van der Waals surface area contributed by atoms with Gasteiger partial charge in [0.2, 0.25) is 0 Å². The Kier molecular flexibility index (Phi) is 4.47. The number of hydrogen-bond donors (Lipinski definition) is 1. The molecule has 2 aromatic heterocycles. The van der Waals surface area contributed by atoms with Crippen LogP contribution in [0.4, 0.5) is 0 Å². The van der Waals surface area contributed by atoms with Crippen LogP contribution < -0.4 is 16.6 Å². The molecule has 2 aromatic rings. The highest BCUT2D eigenvalue weighted by atomic mass is 16.2. The molecule has 1 N–H and O–H groups in total. The number of nitrogens with one attached hydrogen (secondary N) is 1. The lowest BCUT2D eigenvalue weighted by molar-refractivity contribution is 0.601. The summed E-state index contributed by atoms with van der Waals surface area (Å²) in [5.74, 6) is 0. The lowest BCUT2D eigenvalue weighted by atomic mass is 10.2. The molecule has 0 atom stereocenters. The van der Waals surface area contributed by atoms with Crippen molar-refractivity contribution in [1.82, 2.24) is 19.4 Å². The van der Waals surface area contributed by atoms with Gasteiger partial charge in [0.05, 0.1) is 0 Å². The molecule has 2 heterocycles. The summed E-state index contributed by atoms with van der Waals surface area (Å²) in [4.78, 5) is 27.3. The number of aromatic nitrogens is 3. The summed E-state index contributed by atoms with van der Waals surface area (Å²) in [6.07, 6.45) is 4.40. The van der Waals surface area contributed by atoms with E-state index in [4.69, 9.17) is 0 Å². The molecule has 6 nitrogen and oxygen atoms in total. The first-order valence-corrected chi connectivity index (χ1v) is 6.45. The van der Waals surface area contributed by atoms with Gasteiger partial charge < -0.3 is 5.32 Å². The normalized spacial score (nSPS) is 10.7. The van der Waals surface area contributed by atoms with Crippen molar-refractivity contribution in [1.29, 1.82) is 0 Å². The van der Waals surface area contributed by atoms with Crippen molar-refractivity contribution >= 4 is 0 Å². The fourth-order valence-corrected chi connectivity index (χ4v) is 1.95. The summed E-state index contributed by atoms with van der Waals surface area (Å²) in [6.45, 7) is 1.26. The van der Waals surface area contributed by atoms with Gasteiger partial charge in [-0.25, -0.2) is 4.79 Å². The lowest BCUT2D eigenvalue weighted by Gasteiger charge is -2.10. The van der Waals surface area contributed by atoms with Crippen molar-refractivity contribution in [2.45, 2.75) is 13.0 Å². The first-order valence-electron chi connectivity index (χ1n) is 6.45. The molecule has 2 rings (SSSR count). The average Bonchev–Trinajstić information content (AvgIpc) is 2.47. The molecule has 0 saturated carbocycles. The zero-order valence-electron chi connectivity index (χ0n) is 11.7. The molecule has 0 radical (unpaired) electrons. The van der Waals surface area contributed by atoms with Crippen molar-refractivity contribution in [3.63, 3.8) is 0 Å². The Morgan fingerprint density at radius 3 is 2.55 bits per heavy atom. The summed E-state index contributed by atoms with van der Waals surface area (Å²) in [5.41, 5.74) is 1.31. The standard InChI is InChI=1S/C14H18N4O2/c1-17-12(9-13(19)18(2)14(17)20)10-16-8-5-11-3-6-15-7-4-11/h3-4,6-7,9,16H,5,8,10H2,1-2H3. The predicted octanol–water partition coefficient (Wildman–Crippen LogP) is -0.189. The Morgan fingerprint density at radius 2 is 1.85 bits per heavy atom. The van der Waals surface area contributed by atoms with E-state index in [9.17, 15) is 9.59 Å². The molecule has 0 aliphatic heterocycles. The topological polar surface area (TPSA) is 68.9 Å². The van der Waals surface area contributed by atoms with Crippen molar-refractivity contribution in [3.8, 4) is 0 Å². The van der Waals surface area contributed by atoms with E-state index < -0.39 is 0 Å². The zero-order valence-corrected chi connectivity index (χ0v) is 11.7. The van der Waals surface area contributed by atoms with Crippen LogP contribution in [0.2, 0.25) is 0 Å². The molecular formula is C14H18N4O2. The highest BCUT2D eigenvalue weighted by Gasteiger charge is 2.05. The Balaban J connectivity index is 1.95. The van der Waals surface area contributed by atoms with Crippen LogP contribution in [0.1, 0.15) is 11.3 Å². The minimum absolute atomic E-state index is 0.279. The monoisotopic (exact) mass is 274 g/mol. The highest BCUT2D eigenvalue weighted by molar-refractivity contribution is 5.10. The minimum Gasteiger partial charge on any atom is -0.311 e. The first kappa shape index (κ1) is 14.2. The van der Waals surface area contributed by atoms with Gasteiger partial charge in [-0.05, 0) is 30.7 Å². The molecule has 0 aliphatic rings. The third-order valence-corrected chi connectivity index (χ3v) is 3.27. The van der Waals surface area contributed by atoms with E-state index in [1.54, 1.807) is 19.4 Å². The fourth-order valence-electron chi connectivity index (χ4n) is 1.95. The molecule has 106 valence electrons. The maximum absolute atomic E-state index is 11.8. The van der Waals surface area contributed by atoms with Crippen LogP contribution in [0.3, 0.4) is 0 Å². The van der Waals surface area contributed by atoms with Gasteiger partial charge in [-0.2, -0.15) is 0 Å². The third-order valence-electron chi connectivity index (χ3n) is 3.27. The maximum atomic E-state index is 11.8. The van der Waals surface area contributed by atoms with Gasteiger partial charge in [-0.3, -0.25) is 18.9 Å². The van der Waals surface area contributed by atoms with Crippen molar-refractivity contribution in [2.75, 3.05) is 6.54 Å². The molecule has 0 aromatic carbocycles. The Labute approximate surface area is 116 Å². The molecular weight excluding hydrogens is 256 g/mol. The van der Waals surface area contributed by atoms with Crippen LogP contribution in [0.25, 0.3) is 0 Å². The van der Waals surface area contributed by atoms with Crippen molar-refractivity contribution < 1.29 is 0 Å². The van der Waals surface area contributed by atoms with Crippen LogP contribution in [-0.4, -0.2) is 20.7 Å². The molecule has 0 unspecified atom stereocenters. The van der Waals surface area contributed by atoms with Crippen LogP contribution in [0.5, 0.6) is 0 Å². The first-order chi connectivity index (χ1) is 9.59. The van der Waals surface area contributed by atoms with Gasteiger partial charge >= 0.3 is 5.69 Å². The van der Waals surface area contributed by atoms with E-state index >= 15 is 0 Å². The number of nitrogens with zero attached hydrogens (tertiary/aromatic N) is 3. The molecule has 6 heteroatoms. The van der Waals surface area contributed by atoms with Gasteiger partial charge in [-0.1, -0.05) is 0 Å². The van der Waals surface area contributed by atoms with E-state index in [2.05, 4.69) is 10.3 Å². The second kappa shape index (κ2) is 6.29. The van der Waals surface area contributed by atoms with Crippen LogP contribution >= 0.6 is 0 Å². The predicted molar refractivity (Wildman–Crippen MR) is 76.6 cm³/mol. The Bertz CT molecular complexity index is 689. The average molecular weight is 274 g/mol. The number of pyridine rings is 1. The van der Waals surface area contributed by atoms with Gasteiger partial charge in [0.15, 0.2) is 0 Å². The van der Waals surface area contributed by atoms with E-state index in [0.717, 1.165) is 17.5 Å². The van der Waals surface area contributed by atoms with E-state index in [1.165, 1.54) is 23.2 Å². The van der Waals surface area contributed by atoms with E-state index in [-0.39, 0.29) is 11.2 Å². The molecule has 0 bridgehead atoms. The summed E-state index contributed by atoms with van der Waals surface area (Å²) in [5, 5.41) is 3.24. The third kappa shape index (κ3) is 3.21. The molecule has 0 amide bonds. The molecule has 0 saturated heterocycles. The van der Waals surface area contributed by atoms with Crippen LogP contribution in [0, 0.1) is 0 Å². The van der Waals surface area contributed by atoms with Gasteiger partial charge in [0.25, 0.3) is 5.56 Å². The van der Waals surface area contributed by atoms with Crippen molar-refractivity contribution in [2.24, 2.45) is 14.1 Å². The molecule has 0 fully saturated rings. The van der Waals surface area contributed by atoms with E-state index in [1.807, 2.05) is 12.1 Å². The SMILES string of the molecule is Cn1c(CNCCc2ccncc2)cc(=O)n(C)c1=O. The minimum atomic E-state index is -0.302. The van der Waals surface area contributed by atoms with Gasteiger partial charge in [0.1, 0.15) is 0 Å². The lowest BCUT2D eigenvalue weighted by Crippen LogP contribution is -2.39. The molecule has 20 heavy (non-hydrogen) atoms. The summed E-state index contributed by atoms with van der Waals surface area (Å²) in [6, 6.07) is 5.42. The number of hydrogen-bond acceptors (Lipinski definition) is 4. The summed E-state index contributed by atoms with van der Waals surface area (Å²) in [7, 11) is 3.15. The largest absolute Gasteiger partial charge is 0.330 e. The van der Waals surface area contributed by atoms with E-state index in [0.29, 0.717) is 12.2 Å². The fraction of sp³-hybridized carbons (Fsp3) is 0.357. The Hall–Kier alpha value is -2.21. The van der Waals surface area contributed by atoms with Gasteiger partial charge in [-0.15, -0.1) is 0 Å². The zero-order chi connectivity index (χ0) is 14.5. The molecule has 0 aliphatic carbocycles. The second-order valence-electron chi connectivity index (χ2n) is 4.66. The van der Waals surface area contributed by atoms with Crippen LogP contribution in [0.15, 0.2) is 40.2 Å². The second-order valence-corrected chi connectivity index (χ2v) is 4.66. The summed E-state index contributed by atoms with van der Waals surface area (Å²) >= 11 is 0.